The summed E-state index contributed by atoms with van der Waals surface area (Å²) in [6.45, 7) is 4.82. The highest BCUT2D eigenvalue weighted by molar-refractivity contribution is 5.95. The van der Waals surface area contributed by atoms with Gasteiger partial charge in [0.1, 0.15) is 0 Å². The van der Waals surface area contributed by atoms with E-state index >= 15 is 0 Å². The molecule has 0 aromatic heterocycles. The van der Waals surface area contributed by atoms with Crippen LogP contribution in [0.2, 0.25) is 0 Å². The molecule has 0 bridgehead atoms. The van der Waals surface area contributed by atoms with Gasteiger partial charge in [0, 0.05) is 18.8 Å². The van der Waals surface area contributed by atoms with Crippen LogP contribution in [0.5, 0.6) is 0 Å². The molecule has 1 aliphatic rings. The van der Waals surface area contributed by atoms with E-state index in [1.807, 2.05) is 37.3 Å². The van der Waals surface area contributed by atoms with E-state index in [1.165, 1.54) is 0 Å². The maximum atomic E-state index is 12.3. The van der Waals surface area contributed by atoms with Crippen LogP contribution < -0.4 is 4.90 Å². The number of carbonyl (C=O) groups is 2. The van der Waals surface area contributed by atoms with Crippen molar-refractivity contribution in [1.29, 1.82) is 0 Å². The van der Waals surface area contributed by atoms with Crippen molar-refractivity contribution < 1.29 is 23.8 Å². The van der Waals surface area contributed by atoms with Crippen LogP contribution in [0.1, 0.15) is 26.7 Å². The molecule has 1 aliphatic heterocycles. The minimum absolute atomic E-state index is 0.0514. The highest BCUT2D eigenvalue weighted by Crippen LogP contribution is 2.14. The van der Waals surface area contributed by atoms with Gasteiger partial charge in [0.25, 0.3) is 5.91 Å². The molecule has 1 saturated heterocycles. The molecule has 0 radical (unpaired) electrons. The largest absolute Gasteiger partial charge is 0.454 e. The number of carbonyl (C=O) groups excluding carboxylic acids is 2. The number of hydrogen-bond acceptors (Lipinski definition) is 5. The average molecular weight is 335 g/mol. The number of benzene rings is 1. The molecule has 6 heteroatoms. The second kappa shape index (κ2) is 9.39. The standard InChI is InChI=1S/C18H25NO5/c1-3-19(15-8-5-4-6-9-15)17(20)13-24-18(21)14(2)23-12-16-10-7-11-22-16/h4-6,8-9,14,16H,3,7,10-13H2,1-2H3. The van der Waals surface area contributed by atoms with Gasteiger partial charge in [0.05, 0.1) is 12.7 Å². The SMILES string of the molecule is CCN(C(=O)COC(=O)C(C)OCC1CCCO1)c1ccccc1. The topological polar surface area (TPSA) is 65.1 Å². The maximum absolute atomic E-state index is 12.3. The van der Waals surface area contributed by atoms with Crippen LogP contribution in [-0.4, -0.2) is 50.4 Å². The molecule has 0 saturated carbocycles. The summed E-state index contributed by atoms with van der Waals surface area (Å²) in [5.74, 6) is -0.797. The number of nitrogens with zero attached hydrogens (tertiary/aromatic N) is 1. The molecular formula is C18H25NO5. The molecule has 0 spiro atoms. The van der Waals surface area contributed by atoms with E-state index in [0.29, 0.717) is 13.2 Å². The van der Waals surface area contributed by atoms with Crippen molar-refractivity contribution in [3.8, 4) is 0 Å². The van der Waals surface area contributed by atoms with Crippen LogP contribution in [0, 0.1) is 0 Å². The fourth-order valence-corrected chi connectivity index (χ4v) is 2.53. The van der Waals surface area contributed by atoms with Crippen molar-refractivity contribution in [2.75, 3.05) is 31.3 Å². The predicted molar refractivity (Wildman–Crippen MR) is 89.8 cm³/mol. The van der Waals surface area contributed by atoms with Crippen LogP contribution >= 0.6 is 0 Å². The van der Waals surface area contributed by atoms with Crippen LogP contribution in [0.15, 0.2) is 30.3 Å². The number of ether oxygens (including phenoxy) is 3. The van der Waals surface area contributed by atoms with Gasteiger partial charge in [-0.1, -0.05) is 18.2 Å². The van der Waals surface area contributed by atoms with Gasteiger partial charge in [-0.3, -0.25) is 4.79 Å². The number of amides is 1. The summed E-state index contributed by atoms with van der Waals surface area (Å²) >= 11 is 0. The van der Waals surface area contributed by atoms with Gasteiger partial charge in [0.2, 0.25) is 0 Å². The lowest BCUT2D eigenvalue weighted by Gasteiger charge is -2.21. The Morgan fingerprint density at radius 1 is 1.33 bits per heavy atom. The molecule has 132 valence electrons. The average Bonchev–Trinajstić information content (AvgIpc) is 3.12. The minimum atomic E-state index is -0.714. The van der Waals surface area contributed by atoms with Gasteiger partial charge >= 0.3 is 5.97 Å². The zero-order chi connectivity index (χ0) is 17.4. The van der Waals surface area contributed by atoms with Crippen LogP contribution in [0.4, 0.5) is 5.69 Å². The molecule has 1 heterocycles. The number of rotatable bonds is 8. The monoisotopic (exact) mass is 335 g/mol. The smallest absolute Gasteiger partial charge is 0.335 e. The van der Waals surface area contributed by atoms with E-state index < -0.39 is 12.1 Å². The maximum Gasteiger partial charge on any atom is 0.335 e. The lowest BCUT2D eigenvalue weighted by molar-refractivity contribution is -0.160. The van der Waals surface area contributed by atoms with E-state index in [4.69, 9.17) is 14.2 Å². The van der Waals surface area contributed by atoms with E-state index in [-0.39, 0.29) is 18.6 Å². The van der Waals surface area contributed by atoms with E-state index in [1.54, 1.807) is 11.8 Å². The summed E-state index contributed by atoms with van der Waals surface area (Å²) < 4.78 is 16.0. The first kappa shape index (κ1) is 18.4. The summed E-state index contributed by atoms with van der Waals surface area (Å²) in [5, 5.41) is 0. The Labute approximate surface area is 142 Å². The Morgan fingerprint density at radius 2 is 2.08 bits per heavy atom. The molecule has 1 aromatic rings. The molecule has 2 atom stereocenters. The Kier molecular flexibility index (Phi) is 7.21. The molecule has 1 amide bonds. The van der Waals surface area contributed by atoms with Crippen molar-refractivity contribution >= 4 is 17.6 Å². The van der Waals surface area contributed by atoms with Crippen LogP contribution in [0.25, 0.3) is 0 Å². The molecular weight excluding hydrogens is 310 g/mol. The van der Waals surface area contributed by atoms with Gasteiger partial charge in [-0.15, -0.1) is 0 Å². The van der Waals surface area contributed by atoms with Gasteiger partial charge in [-0.25, -0.2) is 4.79 Å². The summed E-state index contributed by atoms with van der Waals surface area (Å²) in [6.07, 6.45) is 1.31. The van der Waals surface area contributed by atoms with Crippen molar-refractivity contribution in [3.05, 3.63) is 30.3 Å². The fraction of sp³-hybridized carbons (Fsp3) is 0.556. The first-order chi connectivity index (χ1) is 11.6. The highest BCUT2D eigenvalue weighted by atomic mass is 16.6. The normalized spacial score (nSPS) is 18.2. The first-order valence-corrected chi connectivity index (χ1v) is 8.37. The Balaban J connectivity index is 1.76. The molecule has 24 heavy (non-hydrogen) atoms. The third-order valence-corrected chi connectivity index (χ3v) is 3.91. The minimum Gasteiger partial charge on any atom is -0.454 e. The molecule has 2 unspecified atom stereocenters. The molecule has 2 rings (SSSR count). The number of para-hydroxylation sites is 1. The molecule has 1 aromatic carbocycles. The van der Waals surface area contributed by atoms with E-state index in [9.17, 15) is 9.59 Å². The summed E-state index contributed by atoms with van der Waals surface area (Å²) in [6, 6.07) is 9.29. The zero-order valence-electron chi connectivity index (χ0n) is 14.3. The Hall–Kier alpha value is -1.92. The second-order valence-electron chi connectivity index (χ2n) is 5.69. The van der Waals surface area contributed by atoms with Crippen molar-refractivity contribution in [1.82, 2.24) is 0 Å². The number of likely N-dealkylation sites (N-methyl/N-ethyl adjacent to an activating group) is 1. The van der Waals surface area contributed by atoms with Gasteiger partial charge in [-0.2, -0.15) is 0 Å². The van der Waals surface area contributed by atoms with Gasteiger partial charge in [0.15, 0.2) is 12.7 Å². The van der Waals surface area contributed by atoms with Gasteiger partial charge < -0.3 is 19.1 Å². The number of esters is 1. The second-order valence-corrected chi connectivity index (χ2v) is 5.69. The predicted octanol–water partition coefficient (Wildman–Crippen LogP) is 2.17. The zero-order valence-corrected chi connectivity index (χ0v) is 14.3. The highest BCUT2D eigenvalue weighted by Gasteiger charge is 2.22. The summed E-state index contributed by atoms with van der Waals surface area (Å²) in [4.78, 5) is 25.8. The van der Waals surface area contributed by atoms with E-state index in [2.05, 4.69) is 0 Å². The van der Waals surface area contributed by atoms with Crippen molar-refractivity contribution in [2.45, 2.75) is 38.9 Å². The summed E-state index contributed by atoms with van der Waals surface area (Å²) in [5.41, 5.74) is 0.781. The van der Waals surface area contributed by atoms with Crippen molar-refractivity contribution in [2.24, 2.45) is 0 Å². The fourth-order valence-electron chi connectivity index (χ4n) is 2.53. The quantitative estimate of drug-likeness (QED) is 0.681. The van der Waals surface area contributed by atoms with E-state index in [0.717, 1.165) is 25.1 Å². The molecule has 0 aliphatic carbocycles. The summed E-state index contributed by atoms with van der Waals surface area (Å²) in [7, 11) is 0. The van der Waals surface area contributed by atoms with Crippen LogP contribution in [-0.2, 0) is 23.8 Å². The molecule has 0 N–H and O–H groups in total. The molecule has 6 nitrogen and oxygen atoms in total. The van der Waals surface area contributed by atoms with Gasteiger partial charge in [-0.05, 0) is 38.8 Å². The van der Waals surface area contributed by atoms with Crippen LogP contribution in [0.3, 0.4) is 0 Å². The molecule has 1 fully saturated rings. The third-order valence-electron chi connectivity index (χ3n) is 3.91. The Morgan fingerprint density at radius 3 is 2.71 bits per heavy atom. The lowest BCUT2D eigenvalue weighted by atomic mass is 10.2. The first-order valence-electron chi connectivity index (χ1n) is 8.37. The number of hydrogen-bond donors (Lipinski definition) is 0. The Bertz CT molecular complexity index is 527. The lowest BCUT2D eigenvalue weighted by Crippen LogP contribution is -2.36. The third kappa shape index (κ3) is 5.32. The van der Waals surface area contributed by atoms with Crippen molar-refractivity contribution in [3.63, 3.8) is 0 Å². The number of anilines is 1.